The van der Waals surface area contributed by atoms with E-state index in [0.717, 1.165) is 73.9 Å². The lowest BCUT2D eigenvalue weighted by molar-refractivity contribution is 0.122. The molecule has 2 saturated heterocycles. The number of aromatic nitrogens is 5. The Morgan fingerprint density at radius 2 is 1.82 bits per heavy atom. The molecule has 0 spiro atoms. The van der Waals surface area contributed by atoms with Crippen LogP contribution in [0.25, 0.3) is 22.6 Å². The number of hydrogen-bond acceptors (Lipinski definition) is 7. The van der Waals surface area contributed by atoms with Crippen molar-refractivity contribution in [2.45, 2.75) is 32.6 Å². The summed E-state index contributed by atoms with van der Waals surface area (Å²) < 4.78 is 7.33. The van der Waals surface area contributed by atoms with Crippen LogP contribution in [0.15, 0.2) is 42.9 Å². The van der Waals surface area contributed by atoms with Crippen LogP contribution in [0, 0.1) is 5.92 Å². The molecule has 0 radical (unpaired) electrons. The molecule has 0 amide bonds. The number of hydrogen-bond donors (Lipinski definition) is 0. The second kappa shape index (κ2) is 9.18. The molecule has 1 unspecified atom stereocenters. The van der Waals surface area contributed by atoms with Gasteiger partial charge in [-0.3, -0.25) is 0 Å². The standard InChI is InChI=1S/C26H31N7O/c1-19-5-7-20(8-6-19)21-16-28-33(18-21)26-29-23-15-22(31-11-13-34-14-12-31)17-27-24(23)25(30-26)32-9-3-2-4-10-32/h5,7-8,15-19H,2-4,6,9-14H2,1H3. The molecule has 1 atom stereocenters. The van der Waals surface area contributed by atoms with Crippen molar-refractivity contribution in [3.8, 4) is 5.95 Å². The van der Waals surface area contributed by atoms with Crippen molar-refractivity contribution in [3.63, 3.8) is 0 Å². The fourth-order valence-electron chi connectivity index (χ4n) is 4.93. The molecule has 2 fully saturated rings. The van der Waals surface area contributed by atoms with Crippen LogP contribution in [0.5, 0.6) is 0 Å². The molecule has 1 aliphatic carbocycles. The van der Waals surface area contributed by atoms with Crippen LogP contribution >= 0.6 is 0 Å². The highest BCUT2D eigenvalue weighted by molar-refractivity contribution is 5.88. The lowest BCUT2D eigenvalue weighted by atomic mass is 9.96. The summed E-state index contributed by atoms with van der Waals surface area (Å²) in [6.45, 7) is 7.45. The molecule has 0 N–H and O–H groups in total. The fourth-order valence-corrected chi connectivity index (χ4v) is 4.93. The van der Waals surface area contributed by atoms with Gasteiger partial charge in [0.2, 0.25) is 0 Å². The number of anilines is 2. The quantitative estimate of drug-likeness (QED) is 0.586. The molecule has 3 aromatic heterocycles. The Morgan fingerprint density at radius 3 is 2.62 bits per heavy atom. The number of nitrogens with zero attached hydrogens (tertiary/aromatic N) is 7. The maximum atomic E-state index is 5.53. The van der Waals surface area contributed by atoms with Crippen molar-refractivity contribution in [3.05, 3.63) is 48.4 Å². The third-order valence-corrected chi connectivity index (χ3v) is 6.96. The van der Waals surface area contributed by atoms with Gasteiger partial charge in [-0.2, -0.15) is 10.1 Å². The molecule has 5 heterocycles. The number of morpholine rings is 1. The Hall–Kier alpha value is -3.26. The molecule has 3 aromatic rings. The molecule has 176 valence electrons. The Morgan fingerprint density at radius 1 is 0.971 bits per heavy atom. The minimum absolute atomic E-state index is 0.586. The molecule has 0 bridgehead atoms. The van der Waals surface area contributed by atoms with Crippen molar-refractivity contribution in [1.82, 2.24) is 24.7 Å². The summed E-state index contributed by atoms with van der Waals surface area (Å²) in [5, 5.41) is 4.64. The Kier molecular flexibility index (Phi) is 5.74. The topological polar surface area (TPSA) is 72.2 Å². The van der Waals surface area contributed by atoms with Crippen LogP contribution in [0.4, 0.5) is 11.5 Å². The van der Waals surface area contributed by atoms with Gasteiger partial charge in [0.1, 0.15) is 5.52 Å². The smallest absolute Gasteiger partial charge is 0.253 e. The minimum atomic E-state index is 0.586. The zero-order valence-corrected chi connectivity index (χ0v) is 19.7. The van der Waals surface area contributed by atoms with E-state index in [0.29, 0.717) is 11.9 Å². The zero-order valence-electron chi connectivity index (χ0n) is 19.7. The summed E-state index contributed by atoms with van der Waals surface area (Å²) in [5.74, 6) is 2.09. The predicted octanol–water partition coefficient (Wildman–Crippen LogP) is 4.02. The summed E-state index contributed by atoms with van der Waals surface area (Å²) in [4.78, 5) is 19.4. The Labute approximate surface area is 200 Å². The van der Waals surface area contributed by atoms with Gasteiger partial charge in [0.25, 0.3) is 5.95 Å². The highest BCUT2D eigenvalue weighted by atomic mass is 16.5. The van der Waals surface area contributed by atoms with E-state index in [1.165, 1.54) is 24.8 Å². The molecular formula is C26H31N7O. The number of rotatable bonds is 4. The zero-order chi connectivity index (χ0) is 22.9. The number of piperidine rings is 1. The summed E-state index contributed by atoms with van der Waals surface area (Å²) in [6.07, 6.45) is 17.3. The molecule has 34 heavy (non-hydrogen) atoms. The van der Waals surface area contributed by atoms with Gasteiger partial charge < -0.3 is 14.5 Å². The van der Waals surface area contributed by atoms with E-state index in [4.69, 9.17) is 19.7 Å². The number of pyridine rings is 1. The van der Waals surface area contributed by atoms with Crippen molar-refractivity contribution in [2.75, 3.05) is 49.2 Å². The summed E-state index contributed by atoms with van der Waals surface area (Å²) in [5.41, 5.74) is 5.10. The van der Waals surface area contributed by atoms with E-state index in [2.05, 4.69) is 46.1 Å². The van der Waals surface area contributed by atoms with Crippen molar-refractivity contribution >= 4 is 28.1 Å². The normalized spacial score (nSPS) is 21.2. The predicted molar refractivity (Wildman–Crippen MR) is 134 cm³/mol. The van der Waals surface area contributed by atoms with Gasteiger partial charge in [-0.25, -0.2) is 14.6 Å². The van der Waals surface area contributed by atoms with Gasteiger partial charge in [0.05, 0.1) is 36.8 Å². The molecular weight excluding hydrogens is 426 g/mol. The Bertz CT molecular complexity index is 1240. The van der Waals surface area contributed by atoms with E-state index >= 15 is 0 Å². The van der Waals surface area contributed by atoms with Crippen LogP contribution in [-0.2, 0) is 4.74 Å². The third kappa shape index (κ3) is 4.18. The van der Waals surface area contributed by atoms with Gasteiger partial charge in [0, 0.05) is 37.9 Å². The molecule has 6 rings (SSSR count). The minimum Gasteiger partial charge on any atom is -0.378 e. The second-order valence-corrected chi connectivity index (χ2v) is 9.46. The fraction of sp³-hybridized carbons (Fsp3) is 0.462. The average molecular weight is 458 g/mol. The lowest BCUT2D eigenvalue weighted by Crippen LogP contribution is -2.36. The molecule has 3 aliphatic rings. The summed E-state index contributed by atoms with van der Waals surface area (Å²) >= 11 is 0. The van der Waals surface area contributed by atoms with Crippen LogP contribution in [-0.4, -0.2) is 64.1 Å². The van der Waals surface area contributed by atoms with Crippen molar-refractivity contribution < 1.29 is 4.74 Å². The molecule has 0 saturated carbocycles. The summed E-state index contributed by atoms with van der Waals surface area (Å²) in [7, 11) is 0. The maximum absolute atomic E-state index is 5.53. The summed E-state index contributed by atoms with van der Waals surface area (Å²) in [6, 6.07) is 2.14. The van der Waals surface area contributed by atoms with Crippen LogP contribution in [0.3, 0.4) is 0 Å². The van der Waals surface area contributed by atoms with Gasteiger partial charge in [0.15, 0.2) is 5.82 Å². The molecule has 8 heteroatoms. The third-order valence-electron chi connectivity index (χ3n) is 6.96. The van der Waals surface area contributed by atoms with E-state index in [1.807, 2.05) is 18.6 Å². The van der Waals surface area contributed by atoms with Crippen LogP contribution in [0.1, 0.15) is 38.2 Å². The first-order valence-electron chi connectivity index (χ1n) is 12.4. The van der Waals surface area contributed by atoms with E-state index < -0.39 is 0 Å². The molecule has 0 aromatic carbocycles. The van der Waals surface area contributed by atoms with E-state index in [-0.39, 0.29) is 0 Å². The molecule has 8 nitrogen and oxygen atoms in total. The number of allylic oxidation sites excluding steroid dienone is 4. The Balaban J connectivity index is 1.41. The highest BCUT2D eigenvalue weighted by Gasteiger charge is 2.21. The van der Waals surface area contributed by atoms with E-state index in [1.54, 1.807) is 4.68 Å². The first-order chi connectivity index (χ1) is 16.7. The number of ether oxygens (including phenoxy) is 1. The first-order valence-corrected chi connectivity index (χ1v) is 12.4. The number of fused-ring (bicyclic) bond motifs is 1. The van der Waals surface area contributed by atoms with Crippen molar-refractivity contribution in [2.24, 2.45) is 5.92 Å². The lowest BCUT2D eigenvalue weighted by Gasteiger charge is -2.30. The largest absolute Gasteiger partial charge is 0.378 e. The SMILES string of the molecule is CC1C=CC(c2cnn(-c3nc(N4CCCCC4)c4ncc(N5CCOCC5)cc4n3)c2)=CC1. The van der Waals surface area contributed by atoms with Crippen LogP contribution < -0.4 is 9.80 Å². The van der Waals surface area contributed by atoms with Gasteiger partial charge in [-0.05, 0) is 43.2 Å². The van der Waals surface area contributed by atoms with Gasteiger partial charge in [-0.1, -0.05) is 25.2 Å². The van der Waals surface area contributed by atoms with Gasteiger partial charge >= 0.3 is 0 Å². The second-order valence-electron chi connectivity index (χ2n) is 9.46. The molecule has 2 aliphatic heterocycles. The highest BCUT2D eigenvalue weighted by Crippen LogP contribution is 2.29. The first kappa shape index (κ1) is 21.3. The van der Waals surface area contributed by atoms with Gasteiger partial charge in [-0.15, -0.1) is 0 Å². The van der Waals surface area contributed by atoms with E-state index in [9.17, 15) is 0 Å². The van der Waals surface area contributed by atoms with Crippen LogP contribution in [0.2, 0.25) is 0 Å². The average Bonchev–Trinajstić information content (AvgIpc) is 3.39. The van der Waals surface area contributed by atoms with Crippen molar-refractivity contribution in [1.29, 1.82) is 0 Å². The monoisotopic (exact) mass is 457 g/mol. The maximum Gasteiger partial charge on any atom is 0.253 e.